The Morgan fingerprint density at radius 1 is 1.44 bits per heavy atom. The molecule has 0 bridgehead atoms. The first-order chi connectivity index (χ1) is 12.0. The van der Waals surface area contributed by atoms with E-state index in [1.165, 1.54) is 0 Å². The molecule has 1 heterocycles. The lowest BCUT2D eigenvalue weighted by Crippen LogP contribution is -2.46. The van der Waals surface area contributed by atoms with Gasteiger partial charge in [0.1, 0.15) is 18.5 Å². The quantitative estimate of drug-likeness (QED) is 0.705. The van der Waals surface area contributed by atoms with Gasteiger partial charge in [0.05, 0.1) is 18.2 Å². The molecule has 6 heteroatoms. The molecule has 2 rings (SSSR count). The van der Waals surface area contributed by atoms with Gasteiger partial charge in [-0.05, 0) is 31.0 Å². The summed E-state index contributed by atoms with van der Waals surface area (Å²) in [7, 11) is 0. The third kappa shape index (κ3) is 6.37. The van der Waals surface area contributed by atoms with E-state index in [9.17, 15) is 4.79 Å². The fourth-order valence-electron chi connectivity index (χ4n) is 2.75. The number of hydrogen-bond acceptors (Lipinski definition) is 6. The van der Waals surface area contributed by atoms with E-state index < -0.39 is 12.1 Å². The zero-order valence-electron chi connectivity index (χ0n) is 15.1. The van der Waals surface area contributed by atoms with Crippen LogP contribution in [0.15, 0.2) is 24.3 Å². The van der Waals surface area contributed by atoms with Crippen molar-refractivity contribution in [3.05, 3.63) is 29.8 Å². The van der Waals surface area contributed by atoms with E-state index in [4.69, 9.17) is 19.5 Å². The predicted molar refractivity (Wildman–Crippen MR) is 93.2 cm³/mol. The van der Waals surface area contributed by atoms with E-state index in [1.54, 1.807) is 31.2 Å². The molecular formula is C19H26N2O4. The minimum atomic E-state index is -0.746. The lowest BCUT2D eigenvalue weighted by Gasteiger charge is -2.33. The minimum absolute atomic E-state index is 0.106. The molecule has 0 saturated carbocycles. The van der Waals surface area contributed by atoms with Gasteiger partial charge in [0, 0.05) is 19.6 Å². The number of hydrogen-bond donors (Lipinski definition) is 0. The molecule has 6 nitrogen and oxygen atoms in total. The van der Waals surface area contributed by atoms with Gasteiger partial charge in [-0.2, -0.15) is 5.26 Å². The van der Waals surface area contributed by atoms with Crippen LogP contribution in [0.5, 0.6) is 5.75 Å². The first-order valence-electron chi connectivity index (χ1n) is 8.65. The Morgan fingerprint density at radius 2 is 2.24 bits per heavy atom. The number of nitrogens with zero attached hydrogens (tertiary/aromatic N) is 2. The second-order valence-corrected chi connectivity index (χ2v) is 6.68. The second-order valence-electron chi connectivity index (χ2n) is 6.68. The molecule has 136 valence electrons. The SMILES string of the molecule is CC(C)CN1CCOC(COC(=O)C(C)Oc2cccc(C#N)c2)C1. The van der Waals surface area contributed by atoms with E-state index in [0.717, 1.165) is 19.6 Å². The summed E-state index contributed by atoms with van der Waals surface area (Å²) < 4.78 is 16.6. The summed E-state index contributed by atoms with van der Waals surface area (Å²) in [5.74, 6) is 0.631. The predicted octanol–water partition coefficient (Wildman–Crippen LogP) is 2.23. The fraction of sp³-hybridized carbons (Fsp3) is 0.579. The number of carbonyl (C=O) groups excluding carboxylic acids is 1. The molecule has 1 aromatic rings. The van der Waals surface area contributed by atoms with Gasteiger partial charge in [0.15, 0.2) is 6.10 Å². The molecule has 1 saturated heterocycles. The molecule has 25 heavy (non-hydrogen) atoms. The van der Waals surface area contributed by atoms with Crippen LogP contribution in [0.2, 0.25) is 0 Å². The van der Waals surface area contributed by atoms with E-state index in [0.29, 0.717) is 23.8 Å². The van der Waals surface area contributed by atoms with Crippen LogP contribution in [-0.2, 0) is 14.3 Å². The molecule has 0 aromatic heterocycles. The number of carbonyl (C=O) groups is 1. The average molecular weight is 346 g/mol. The van der Waals surface area contributed by atoms with Gasteiger partial charge in [0.25, 0.3) is 0 Å². The Kier molecular flexibility index (Phi) is 7.23. The van der Waals surface area contributed by atoms with Crippen molar-refractivity contribution >= 4 is 5.97 Å². The lowest BCUT2D eigenvalue weighted by molar-refractivity contribution is -0.157. The maximum absolute atomic E-state index is 12.1. The minimum Gasteiger partial charge on any atom is -0.479 e. The number of esters is 1. The topological polar surface area (TPSA) is 71.8 Å². The van der Waals surface area contributed by atoms with Gasteiger partial charge in [-0.25, -0.2) is 4.79 Å². The molecule has 1 aromatic carbocycles. The van der Waals surface area contributed by atoms with Crippen LogP contribution in [0.3, 0.4) is 0 Å². The van der Waals surface area contributed by atoms with Gasteiger partial charge < -0.3 is 14.2 Å². The number of benzene rings is 1. The van der Waals surface area contributed by atoms with Gasteiger partial charge in [-0.3, -0.25) is 4.90 Å². The summed E-state index contributed by atoms with van der Waals surface area (Å²) in [5.41, 5.74) is 0.485. The number of ether oxygens (including phenoxy) is 3. The highest BCUT2D eigenvalue weighted by Gasteiger charge is 2.24. The third-order valence-electron chi connectivity index (χ3n) is 3.87. The number of rotatable bonds is 7. The highest BCUT2D eigenvalue weighted by atomic mass is 16.6. The van der Waals surface area contributed by atoms with Gasteiger partial charge in [-0.15, -0.1) is 0 Å². The summed E-state index contributed by atoms with van der Waals surface area (Å²) >= 11 is 0. The Balaban J connectivity index is 1.78. The maximum atomic E-state index is 12.1. The van der Waals surface area contributed by atoms with Crippen LogP contribution in [0.25, 0.3) is 0 Å². The molecule has 2 unspecified atom stereocenters. The fourth-order valence-corrected chi connectivity index (χ4v) is 2.75. The summed E-state index contributed by atoms with van der Waals surface area (Å²) in [6.45, 7) is 9.58. The van der Waals surface area contributed by atoms with Gasteiger partial charge in [-0.1, -0.05) is 19.9 Å². The largest absolute Gasteiger partial charge is 0.479 e. The summed E-state index contributed by atoms with van der Waals surface area (Å²) in [5, 5.41) is 8.89. The first-order valence-corrected chi connectivity index (χ1v) is 8.65. The standard InChI is InChI=1S/C19H26N2O4/c1-14(2)11-21-7-8-23-18(12-21)13-24-19(22)15(3)25-17-6-4-5-16(9-17)10-20/h4-6,9,14-15,18H,7-8,11-13H2,1-3H3. The van der Waals surface area contributed by atoms with E-state index in [-0.39, 0.29) is 12.7 Å². The first kappa shape index (κ1) is 19.2. The zero-order chi connectivity index (χ0) is 18.2. The highest BCUT2D eigenvalue weighted by molar-refractivity contribution is 5.74. The van der Waals surface area contributed by atoms with Crippen molar-refractivity contribution in [1.29, 1.82) is 5.26 Å². The smallest absolute Gasteiger partial charge is 0.347 e. The monoisotopic (exact) mass is 346 g/mol. The average Bonchev–Trinajstić information content (AvgIpc) is 2.59. The molecule has 0 aliphatic carbocycles. The Hall–Kier alpha value is -2.10. The Morgan fingerprint density at radius 3 is 2.96 bits per heavy atom. The van der Waals surface area contributed by atoms with E-state index in [2.05, 4.69) is 18.7 Å². The van der Waals surface area contributed by atoms with E-state index >= 15 is 0 Å². The molecule has 1 fully saturated rings. The van der Waals surface area contributed by atoms with Crippen molar-refractivity contribution in [2.45, 2.75) is 33.0 Å². The van der Waals surface area contributed by atoms with Crippen molar-refractivity contribution in [3.63, 3.8) is 0 Å². The Labute approximate surface area is 149 Å². The number of morpholine rings is 1. The molecule has 0 spiro atoms. The highest BCUT2D eigenvalue weighted by Crippen LogP contribution is 2.15. The van der Waals surface area contributed by atoms with Crippen molar-refractivity contribution in [3.8, 4) is 11.8 Å². The van der Waals surface area contributed by atoms with Crippen molar-refractivity contribution in [2.24, 2.45) is 5.92 Å². The third-order valence-corrected chi connectivity index (χ3v) is 3.87. The Bertz CT molecular complexity index is 612. The zero-order valence-corrected chi connectivity index (χ0v) is 15.1. The molecule has 0 N–H and O–H groups in total. The summed E-state index contributed by atoms with van der Waals surface area (Å²) in [6.07, 6.45) is -0.852. The van der Waals surface area contributed by atoms with Crippen LogP contribution in [-0.4, -0.2) is 55.9 Å². The van der Waals surface area contributed by atoms with Crippen molar-refractivity contribution < 1.29 is 19.0 Å². The van der Waals surface area contributed by atoms with Crippen LogP contribution in [0, 0.1) is 17.2 Å². The van der Waals surface area contributed by atoms with Crippen LogP contribution < -0.4 is 4.74 Å². The molecule has 0 radical (unpaired) electrons. The summed E-state index contributed by atoms with van der Waals surface area (Å²) in [4.78, 5) is 14.5. The van der Waals surface area contributed by atoms with Gasteiger partial charge in [0.2, 0.25) is 0 Å². The molecule has 1 aliphatic rings. The van der Waals surface area contributed by atoms with Crippen LogP contribution in [0.4, 0.5) is 0 Å². The molecule has 2 atom stereocenters. The van der Waals surface area contributed by atoms with Crippen LogP contribution in [0.1, 0.15) is 26.3 Å². The van der Waals surface area contributed by atoms with Crippen molar-refractivity contribution in [1.82, 2.24) is 4.90 Å². The van der Waals surface area contributed by atoms with Crippen molar-refractivity contribution in [2.75, 3.05) is 32.8 Å². The van der Waals surface area contributed by atoms with E-state index in [1.807, 2.05) is 6.07 Å². The molecule has 0 amide bonds. The van der Waals surface area contributed by atoms with Crippen LogP contribution >= 0.6 is 0 Å². The second kappa shape index (κ2) is 9.40. The normalized spacial score (nSPS) is 19.2. The van der Waals surface area contributed by atoms with Gasteiger partial charge >= 0.3 is 5.97 Å². The molecular weight excluding hydrogens is 320 g/mol. The maximum Gasteiger partial charge on any atom is 0.347 e. The molecule has 1 aliphatic heterocycles. The summed E-state index contributed by atoms with van der Waals surface area (Å²) in [6, 6.07) is 8.73. The number of nitriles is 1. The lowest BCUT2D eigenvalue weighted by atomic mass is 10.2.